The van der Waals surface area contributed by atoms with Crippen molar-refractivity contribution in [2.45, 2.75) is 25.3 Å². The Bertz CT molecular complexity index is 812. The molecule has 1 N–H and O–H groups in total. The highest BCUT2D eigenvalue weighted by Crippen LogP contribution is 2.28. The van der Waals surface area contributed by atoms with Crippen LogP contribution in [-0.4, -0.2) is 45.5 Å². The van der Waals surface area contributed by atoms with Crippen LogP contribution in [0, 0.1) is 10.1 Å². The predicted molar refractivity (Wildman–Crippen MR) is 99.7 cm³/mol. The lowest BCUT2D eigenvalue weighted by Gasteiger charge is -2.32. The minimum atomic E-state index is -0.640. The van der Waals surface area contributed by atoms with Crippen molar-refractivity contribution in [1.29, 1.82) is 0 Å². The molecule has 2 aromatic rings. The molecule has 27 heavy (non-hydrogen) atoms. The van der Waals surface area contributed by atoms with E-state index in [1.807, 2.05) is 0 Å². The Kier molecular flexibility index (Phi) is 5.70. The smallest absolute Gasteiger partial charge is 0.434 e. The van der Waals surface area contributed by atoms with Crippen LogP contribution in [0.15, 0.2) is 30.5 Å². The Hall–Kier alpha value is -2.94. The van der Waals surface area contributed by atoms with Gasteiger partial charge in [0.25, 0.3) is 0 Å². The van der Waals surface area contributed by atoms with Crippen LogP contribution in [0.2, 0.25) is 0 Å². The van der Waals surface area contributed by atoms with Crippen LogP contribution in [0.5, 0.6) is 5.75 Å². The lowest BCUT2D eigenvalue weighted by molar-refractivity contribution is -0.396. The monoisotopic (exact) mass is 373 g/mol. The largest absolute Gasteiger partial charge is 0.497 e. The summed E-state index contributed by atoms with van der Waals surface area (Å²) in [5.74, 6) is 0.187. The number of nitrogens with zero attached hydrogens (tertiary/aromatic N) is 4. The standard InChI is InChI=1S/C18H23N5O4/c1-21-15(12-19-18(21)23(25)26)16(22-10-4-3-5-11-22)17(24)20-13-6-8-14(27-2)9-7-13/h6-9,12,16H,3-5,10-11H2,1-2H3,(H,20,24). The van der Waals surface area contributed by atoms with Gasteiger partial charge in [0.05, 0.1) is 14.2 Å². The van der Waals surface area contributed by atoms with E-state index in [1.165, 1.54) is 10.8 Å². The number of rotatable bonds is 6. The summed E-state index contributed by atoms with van der Waals surface area (Å²) in [6.07, 6.45) is 4.53. The second-order valence-corrected chi connectivity index (χ2v) is 6.52. The molecular weight excluding hydrogens is 350 g/mol. The van der Waals surface area contributed by atoms with Gasteiger partial charge in [-0.1, -0.05) is 11.4 Å². The minimum Gasteiger partial charge on any atom is -0.497 e. The lowest BCUT2D eigenvalue weighted by atomic mass is 10.1. The molecule has 9 heteroatoms. The third-order valence-corrected chi connectivity index (χ3v) is 4.80. The van der Waals surface area contributed by atoms with Crippen LogP contribution in [0.3, 0.4) is 0 Å². The zero-order chi connectivity index (χ0) is 19.4. The first-order valence-corrected chi connectivity index (χ1v) is 8.86. The van der Waals surface area contributed by atoms with Crippen LogP contribution in [0.1, 0.15) is 31.0 Å². The molecule has 0 saturated carbocycles. The number of nitrogens with one attached hydrogen (secondary N) is 1. The topological polar surface area (TPSA) is 103 Å². The molecular formula is C18H23N5O4. The molecule has 1 amide bonds. The number of aromatic nitrogens is 2. The summed E-state index contributed by atoms with van der Waals surface area (Å²) in [5, 5.41) is 14.1. The number of piperidine rings is 1. The van der Waals surface area contributed by atoms with Gasteiger partial charge in [0.1, 0.15) is 23.7 Å². The number of hydrogen-bond acceptors (Lipinski definition) is 6. The SMILES string of the molecule is COc1ccc(NC(=O)C(c2cnc([N+](=O)[O-])n2C)N2CCCCC2)cc1. The second-order valence-electron chi connectivity index (χ2n) is 6.52. The van der Waals surface area contributed by atoms with Crippen molar-refractivity contribution in [2.24, 2.45) is 7.05 Å². The molecule has 3 rings (SSSR count). The Morgan fingerprint density at radius 2 is 1.93 bits per heavy atom. The van der Waals surface area contributed by atoms with Crippen LogP contribution >= 0.6 is 0 Å². The van der Waals surface area contributed by atoms with Crippen molar-refractivity contribution >= 4 is 17.5 Å². The number of anilines is 1. The Labute approximate surface area is 157 Å². The number of amides is 1. The lowest BCUT2D eigenvalue weighted by Crippen LogP contribution is -2.41. The van der Waals surface area contributed by atoms with Gasteiger partial charge in [0.2, 0.25) is 5.91 Å². The third kappa shape index (κ3) is 4.08. The molecule has 144 valence electrons. The fourth-order valence-electron chi connectivity index (χ4n) is 3.38. The van der Waals surface area contributed by atoms with Gasteiger partial charge in [-0.05, 0) is 55.1 Å². The molecule has 1 saturated heterocycles. The summed E-state index contributed by atoms with van der Waals surface area (Å²) in [4.78, 5) is 29.7. The highest BCUT2D eigenvalue weighted by atomic mass is 16.6. The number of benzene rings is 1. The fourth-order valence-corrected chi connectivity index (χ4v) is 3.38. The highest BCUT2D eigenvalue weighted by molar-refractivity contribution is 5.95. The number of imidazole rings is 1. The zero-order valence-corrected chi connectivity index (χ0v) is 15.4. The first-order valence-electron chi connectivity index (χ1n) is 8.86. The third-order valence-electron chi connectivity index (χ3n) is 4.80. The first kappa shape index (κ1) is 18.8. The average Bonchev–Trinajstić information content (AvgIpc) is 3.05. The van der Waals surface area contributed by atoms with Gasteiger partial charge in [-0.15, -0.1) is 0 Å². The van der Waals surface area contributed by atoms with Crippen molar-refractivity contribution in [3.8, 4) is 5.75 Å². The van der Waals surface area contributed by atoms with Gasteiger partial charge in [-0.2, -0.15) is 0 Å². The van der Waals surface area contributed by atoms with Crippen molar-refractivity contribution in [1.82, 2.24) is 14.5 Å². The summed E-state index contributed by atoms with van der Waals surface area (Å²) in [7, 11) is 3.15. The van der Waals surface area contributed by atoms with Crippen LogP contribution in [0.4, 0.5) is 11.6 Å². The van der Waals surface area contributed by atoms with Crippen molar-refractivity contribution < 1.29 is 14.5 Å². The molecule has 1 atom stereocenters. The van der Waals surface area contributed by atoms with Crippen molar-refractivity contribution in [3.05, 3.63) is 46.3 Å². The second kappa shape index (κ2) is 8.17. The first-order chi connectivity index (χ1) is 13.0. The van der Waals surface area contributed by atoms with E-state index in [0.29, 0.717) is 17.1 Å². The number of likely N-dealkylation sites (tertiary alicyclic amines) is 1. The van der Waals surface area contributed by atoms with E-state index >= 15 is 0 Å². The summed E-state index contributed by atoms with van der Waals surface area (Å²) in [6, 6.07) is 6.41. The highest BCUT2D eigenvalue weighted by Gasteiger charge is 2.35. The molecule has 1 unspecified atom stereocenters. The summed E-state index contributed by atoms with van der Waals surface area (Å²) >= 11 is 0. The van der Waals surface area contributed by atoms with Gasteiger partial charge < -0.3 is 20.2 Å². The van der Waals surface area contributed by atoms with Gasteiger partial charge >= 0.3 is 5.95 Å². The maximum atomic E-state index is 13.1. The Morgan fingerprint density at radius 1 is 1.26 bits per heavy atom. The number of methoxy groups -OCH3 is 1. The summed E-state index contributed by atoms with van der Waals surface area (Å²) < 4.78 is 6.51. The number of hydrogen-bond donors (Lipinski definition) is 1. The van der Waals surface area contributed by atoms with E-state index < -0.39 is 11.0 Å². The molecule has 1 fully saturated rings. The normalized spacial score (nSPS) is 15.9. The molecule has 1 aromatic heterocycles. The molecule has 0 bridgehead atoms. The van der Waals surface area contributed by atoms with E-state index in [-0.39, 0.29) is 11.9 Å². The molecule has 0 aliphatic carbocycles. The number of ether oxygens (including phenoxy) is 1. The quantitative estimate of drug-likeness (QED) is 0.616. The van der Waals surface area contributed by atoms with Gasteiger partial charge in [-0.25, -0.2) is 4.57 Å². The van der Waals surface area contributed by atoms with Crippen LogP contribution in [0.25, 0.3) is 0 Å². The maximum Gasteiger partial charge on any atom is 0.434 e. The Balaban J connectivity index is 1.89. The molecule has 9 nitrogen and oxygen atoms in total. The van der Waals surface area contributed by atoms with E-state index in [9.17, 15) is 14.9 Å². The fraction of sp³-hybridized carbons (Fsp3) is 0.444. The van der Waals surface area contributed by atoms with Crippen LogP contribution < -0.4 is 10.1 Å². The van der Waals surface area contributed by atoms with E-state index in [2.05, 4.69) is 15.2 Å². The van der Waals surface area contributed by atoms with E-state index in [0.717, 1.165) is 32.4 Å². The summed E-state index contributed by atoms with van der Waals surface area (Å²) in [6.45, 7) is 1.53. The van der Waals surface area contributed by atoms with E-state index in [4.69, 9.17) is 4.74 Å². The average molecular weight is 373 g/mol. The number of carbonyl (C=O) groups excluding carboxylic acids is 1. The van der Waals surface area contributed by atoms with Gasteiger partial charge in [-0.3, -0.25) is 9.69 Å². The Morgan fingerprint density at radius 3 is 2.48 bits per heavy atom. The van der Waals surface area contributed by atoms with Crippen LogP contribution in [-0.2, 0) is 11.8 Å². The zero-order valence-electron chi connectivity index (χ0n) is 15.4. The summed E-state index contributed by atoms with van der Waals surface area (Å²) in [5.41, 5.74) is 1.15. The molecule has 1 aliphatic rings. The van der Waals surface area contributed by atoms with Crippen molar-refractivity contribution in [3.63, 3.8) is 0 Å². The van der Waals surface area contributed by atoms with Crippen molar-refractivity contribution in [2.75, 3.05) is 25.5 Å². The number of carbonyl (C=O) groups is 1. The molecule has 0 spiro atoms. The maximum absolute atomic E-state index is 13.1. The van der Waals surface area contributed by atoms with E-state index in [1.54, 1.807) is 38.4 Å². The minimum absolute atomic E-state index is 0.236. The molecule has 1 aliphatic heterocycles. The van der Waals surface area contributed by atoms with Gasteiger partial charge in [0.15, 0.2) is 0 Å². The number of nitro groups is 1. The molecule has 1 aromatic carbocycles. The predicted octanol–water partition coefficient (Wildman–Crippen LogP) is 2.50. The van der Waals surface area contributed by atoms with Gasteiger partial charge in [0, 0.05) is 5.69 Å². The molecule has 2 heterocycles. The molecule has 0 radical (unpaired) electrons.